The Balaban J connectivity index is 2.10. The average Bonchev–Trinajstić information content (AvgIpc) is 2.82. The van der Waals surface area contributed by atoms with Gasteiger partial charge in [-0.05, 0) is 33.1 Å². The minimum Gasteiger partial charge on any atom is -0.487 e. The van der Waals surface area contributed by atoms with Crippen LogP contribution in [0.3, 0.4) is 0 Å². The van der Waals surface area contributed by atoms with Gasteiger partial charge in [0.1, 0.15) is 42.2 Å². The number of carbonyl (C=O) groups is 1. The number of rotatable bonds is 8. The zero-order chi connectivity index (χ0) is 22.9. The summed E-state index contributed by atoms with van der Waals surface area (Å²) in [4.78, 5) is 11.2. The first kappa shape index (κ1) is 22.6. The predicted molar refractivity (Wildman–Crippen MR) is 122 cm³/mol. The number of benzene rings is 3. The Labute approximate surface area is 193 Å². The van der Waals surface area contributed by atoms with Crippen LogP contribution in [0.25, 0.3) is 6.08 Å². The fourth-order valence-corrected chi connectivity index (χ4v) is 3.58. The van der Waals surface area contributed by atoms with Crippen LogP contribution in [0.1, 0.15) is 27.8 Å². The molecule has 0 spiro atoms. The van der Waals surface area contributed by atoms with Crippen LogP contribution in [0, 0.1) is 22.7 Å². The Morgan fingerprint density at radius 1 is 0.875 bits per heavy atom. The second kappa shape index (κ2) is 10.8. The van der Waals surface area contributed by atoms with Crippen LogP contribution in [-0.4, -0.2) is 11.1 Å². The summed E-state index contributed by atoms with van der Waals surface area (Å²) >= 11 is 3.43. The van der Waals surface area contributed by atoms with E-state index in [0.29, 0.717) is 10.0 Å². The first-order chi connectivity index (χ1) is 15.5. The number of halogens is 1. The van der Waals surface area contributed by atoms with Crippen LogP contribution < -0.4 is 9.47 Å². The fourth-order valence-electron chi connectivity index (χ4n) is 2.96. The largest absolute Gasteiger partial charge is 0.487 e. The molecule has 0 radical (unpaired) electrons. The molecule has 3 aromatic carbocycles. The highest BCUT2D eigenvalue weighted by molar-refractivity contribution is 9.10. The van der Waals surface area contributed by atoms with E-state index in [1.165, 1.54) is 6.08 Å². The maximum atomic E-state index is 11.2. The Morgan fingerprint density at radius 2 is 1.34 bits per heavy atom. The van der Waals surface area contributed by atoms with Crippen molar-refractivity contribution in [2.45, 2.75) is 13.2 Å². The molecule has 0 aliphatic carbocycles. The standard InChI is InChI=1S/C25H17BrN2O4/c26-23-19(11-12-22(29)30)24(31-15-17-7-3-1-4-8-17)20(13-27)21(14-28)25(23)32-16-18-9-5-2-6-10-18/h1-12H,15-16H2,(H,29,30)/b12-11+. The molecule has 0 bridgehead atoms. The Kier molecular flexibility index (Phi) is 7.64. The molecule has 7 heteroatoms. The molecule has 0 heterocycles. The number of nitrogens with zero attached hydrogens (tertiary/aromatic N) is 2. The molecule has 32 heavy (non-hydrogen) atoms. The van der Waals surface area contributed by atoms with Crippen molar-refractivity contribution in [3.63, 3.8) is 0 Å². The SMILES string of the molecule is N#Cc1c(C#N)c(OCc2ccccc2)c(/C=C/C(=O)O)c(Br)c1OCc1ccccc1. The van der Waals surface area contributed by atoms with Crippen molar-refractivity contribution in [2.75, 3.05) is 0 Å². The molecule has 0 unspecified atom stereocenters. The summed E-state index contributed by atoms with van der Waals surface area (Å²) in [5.74, 6) is -0.921. The van der Waals surface area contributed by atoms with E-state index in [-0.39, 0.29) is 35.8 Å². The minimum atomic E-state index is -1.17. The van der Waals surface area contributed by atoms with Crippen molar-refractivity contribution >= 4 is 28.0 Å². The molecular formula is C25H17BrN2O4. The summed E-state index contributed by atoms with van der Waals surface area (Å²) < 4.78 is 12.1. The van der Waals surface area contributed by atoms with Crippen LogP contribution in [0.15, 0.2) is 71.2 Å². The molecule has 0 fully saturated rings. The molecule has 0 saturated carbocycles. The van der Waals surface area contributed by atoms with E-state index in [4.69, 9.17) is 14.6 Å². The molecule has 3 rings (SSSR count). The van der Waals surface area contributed by atoms with Gasteiger partial charge >= 0.3 is 5.97 Å². The minimum absolute atomic E-state index is 0.00541. The van der Waals surface area contributed by atoms with Gasteiger partial charge in [0.15, 0.2) is 5.75 Å². The smallest absolute Gasteiger partial charge is 0.328 e. The second-order valence-corrected chi connectivity index (χ2v) is 7.37. The monoisotopic (exact) mass is 488 g/mol. The zero-order valence-electron chi connectivity index (χ0n) is 16.8. The van der Waals surface area contributed by atoms with Crippen molar-refractivity contribution in [3.05, 3.63) is 99.0 Å². The molecule has 0 amide bonds. The van der Waals surface area contributed by atoms with Gasteiger partial charge in [-0.15, -0.1) is 0 Å². The number of aliphatic carboxylic acids is 1. The van der Waals surface area contributed by atoms with Gasteiger partial charge in [0.05, 0.1) is 4.47 Å². The first-order valence-corrected chi connectivity index (χ1v) is 10.3. The number of hydrogen-bond acceptors (Lipinski definition) is 5. The summed E-state index contributed by atoms with van der Waals surface area (Å²) in [6, 6.07) is 22.7. The lowest BCUT2D eigenvalue weighted by Gasteiger charge is -2.18. The summed E-state index contributed by atoms with van der Waals surface area (Å²) in [5.41, 5.74) is 1.99. The number of carboxylic acid groups (broad SMARTS) is 1. The van der Waals surface area contributed by atoms with Crippen LogP contribution in [0.2, 0.25) is 0 Å². The second-order valence-electron chi connectivity index (χ2n) is 6.58. The highest BCUT2D eigenvalue weighted by Crippen LogP contribution is 2.43. The van der Waals surface area contributed by atoms with Gasteiger partial charge in [-0.2, -0.15) is 10.5 Å². The van der Waals surface area contributed by atoms with Gasteiger partial charge in [0.2, 0.25) is 0 Å². The van der Waals surface area contributed by atoms with Crippen molar-refractivity contribution in [3.8, 4) is 23.6 Å². The summed E-state index contributed by atoms with van der Waals surface area (Å²) in [6.45, 7) is 0.288. The summed E-state index contributed by atoms with van der Waals surface area (Å²) in [7, 11) is 0. The third-order valence-electron chi connectivity index (χ3n) is 4.45. The lowest BCUT2D eigenvalue weighted by molar-refractivity contribution is -0.131. The van der Waals surface area contributed by atoms with Gasteiger partial charge in [-0.1, -0.05) is 60.7 Å². The summed E-state index contributed by atoms with van der Waals surface area (Å²) in [5, 5.41) is 28.8. The molecule has 1 N–H and O–H groups in total. The van der Waals surface area contributed by atoms with Crippen molar-refractivity contribution < 1.29 is 19.4 Å². The topological polar surface area (TPSA) is 103 Å². The lowest BCUT2D eigenvalue weighted by atomic mass is 10.0. The van der Waals surface area contributed by atoms with E-state index >= 15 is 0 Å². The molecule has 0 aromatic heterocycles. The Hall–Kier alpha value is -4.07. The molecule has 6 nitrogen and oxygen atoms in total. The van der Waals surface area contributed by atoms with Gasteiger partial charge in [0.25, 0.3) is 0 Å². The van der Waals surface area contributed by atoms with E-state index < -0.39 is 5.97 Å². The average molecular weight is 489 g/mol. The molecular weight excluding hydrogens is 472 g/mol. The lowest BCUT2D eigenvalue weighted by Crippen LogP contribution is -2.06. The number of ether oxygens (including phenoxy) is 2. The van der Waals surface area contributed by atoms with E-state index in [1.54, 1.807) is 0 Å². The van der Waals surface area contributed by atoms with Gasteiger partial charge in [-0.3, -0.25) is 0 Å². The third kappa shape index (κ3) is 5.34. The van der Waals surface area contributed by atoms with Crippen LogP contribution in [0.5, 0.6) is 11.5 Å². The van der Waals surface area contributed by atoms with Crippen LogP contribution in [0.4, 0.5) is 0 Å². The molecule has 158 valence electrons. The molecule has 0 aliphatic rings. The first-order valence-electron chi connectivity index (χ1n) is 9.49. The highest BCUT2D eigenvalue weighted by atomic mass is 79.9. The molecule has 3 aromatic rings. The molecule has 0 saturated heterocycles. The number of carboxylic acids is 1. The van der Waals surface area contributed by atoms with Crippen molar-refractivity contribution in [1.29, 1.82) is 10.5 Å². The van der Waals surface area contributed by atoms with Gasteiger partial charge in [-0.25, -0.2) is 4.79 Å². The van der Waals surface area contributed by atoms with Crippen molar-refractivity contribution in [1.82, 2.24) is 0 Å². The normalized spacial score (nSPS) is 10.3. The Bertz CT molecular complexity index is 1230. The Morgan fingerprint density at radius 3 is 1.81 bits per heavy atom. The maximum Gasteiger partial charge on any atom is 0.328 e. The molecule has 0 aliphatic heterocycles. The number of hydrogen-bond donors (Lipinski definition) is 1. The third-order valence-corrected chi connectivity index (χ3v) is 5.24. The van der Waals surface area contributed by atoms with E-state index in [9.17, 15) is 15.3 Å². The summed E-state index contributed by atoms with van der Waals surface area (Å²) in [6.07, 6.45) is 2.24. The van der Waals surface area contributed by atoms with E-state index in [0.717, 1.165) is 17.2 Å². The predicted octanol–water partition coefficient (Wildman–Crippen LogP) is 5.45. The quantitative estimate of drug-likeness (QED) is 0.422. The van der Waals surface area contributed by atoms with Gasteiger partial charge < -0.3 is 14.6 Å². The van der Waals surface area contributed by atoms with E-state index in [1.807, 2.05) is 72.8 Å². The van der Waals surface area contributed by atoms with Gasteiger partial charge in [0, 0.05) is 11.6 Å². The van der Waals surface area contributed by atoms with Crippen LogP contribution in [-0.2, 0) is 18.0 Å². The van der Waals surface area contributed by atoms with Crippen molar-refractivity contribution in [2.24, 2.45) is 0 Å². The fraction of sp³-hybridized carbons (Fsp3) is 0.0800. The van der Waals surface area contributed by atoms with Crippen LogP contribution >= 0.6 is 15.9 Å². The highest BCUT2D eigenvalue weighted by Gasteiger charge is 2.25. The zero-order valence-corrected chi connectivity index (χ0v) is 18.4. The van der Waals surface area contributed by atoms with E-state index in [2.05, 4.69) is 15.9 Å². The molecule has 0 atom stereocenters. The maximum absolute atomic E-state index is 11.2. The number of nitriles is 2.